The van der Waals surface area contributed by atoms with Crippen LogP contribution in [0.15, 0.2) is 69.9 Å². The number of ether oxygens (including phenoxy) is 1. The van der Waals surface area contributed by atoms with Gasteiger partial charge < -0.3 is 24.3 Å². The number of piperidine rings is 1. The van der Waals surface area contributed by atoms with Crippen LogP contribution in [0.3, 0.4) is 0 Å². The molecule has 1 aliphatic heterocycles. The number of carbonyl (C=O) groups is 1. The molecule has 2 heterocycles. The van der Waals surface area contributed by atoms with E-state index < -0.39 is 11.6 Å². The summed E-state index contributed by atoms with van der Waals surface area (Å²) in [6, 6.07) is 19.9. The average Bonchev–Trinajstić information content (AvgIpc) is 2.98. The fourth-order valence-electron chi connectivity index (χ4n) is 6.03. The van der Waals surface area contributed by atoms with Crippen LogP contribution < -0.4 is 15.6 Å². The van der Waals surface area contributed by atoms with Gasteiger partial charge in [-0.2, -0.15) is 0 Å². The van der Waals surface area contributed by atoms with Crippen molar-refractivity contribution in [1.29, 1.82) is 0 Å². The summed E-state index contributed by atoms with van der Waals surface area (Å²) < 4.78 is 12.3. The maximum absolute atomic E-state index is 13.7. The number of hydrogen-bond donors (Lipinski definition) is 1. The number of anilines is 2. The summed E-state index contributed by atoms with van der Waals surface area (Å²) in [6.45, 7) is 13.4. The molecule has 3 aromatic carbocycles. The van der Waals surface area contributed by atoms with Crippen molar-refractivity contribution >= 4 is 28.3 Å². The molecule has 0 radical (unpaired) electrons. The first-order valence-corrected chi connectivity index (χ1v) is 15.5. The number of fused-ring (bicyclic) bond motifs is 1. The van der Waals surface area contributed by atoms with Crippen molar-refractivity contribution in [3.63, 3.8) is 0 Å². The van der Waals surface area contributed by atoms with Crippen LogP contribution >= 0.6 is 0 Å². The molecule has 1 fully saturated rings. The van der Waals surface area contributed by atoms with E-state index >= 15 is 0 Å². The maximum atomic E-state index is 13.7. The smallest absolute Gasteiger partial charge is 0.340 e. The predicted octanol–water partition coefficient (Wildman–Crippen LogP) is 7.74. The topological polar surface area (TPSA) is 75.0 Å². The molecule has 5 rings (SSSR count). The van der Waals surface area contributed by atoms with E-state index in [4.69, 9.17) is 9.15 Å². The molecule has 0 spiro atoms. The molecule has 7 nitrogen and oxygen atoms in total. The number of esters is 1. The van der Waals surface area contributed by atoms with Gasteiger partial charge in [0, 0.05) is 47.2 Å². The van der Waals surface area contributed by atoms with Gasteiger partial charge in [-0.15, -0.1) is 0 Å². The van der Waals surface area contributed by atoms with Crippen molar-refractivity contribution in [2.45, 2.75) is 72.1 Å². The van der Waals surface area contributed by atoms with E-state index in [1.165, 1.54) is 18.5 Å². The summed E-state index contributed by atoms with van der Waals surface area (Å²) in [4.78, 5) is 31.5. The van der Waals surface area contributed by atoms with Gasteiger partial charge in [-0.1, -0.05) is 18.2 Å². The van der Waals surface area contributed by atoms with E-state index in [9.17, 15) is 9.59 Å². The quantitative estimate of drug-likeness (QED) is 0.219. The molecule has 0 bridgehead atoms. The number of carbonyl (C=O) groups excluding carboxylic acids is 1. The van der Waals surface area contributed by atoms with Crippen LogP contribution in [0.4, 0.5) is 11.4 Å². The molecule has 0 unspecified atom stereocenters. The van der Waals surface area contributed by atoms with Crippen molar-refractivity contribution in [2.75, 3.05) is 37.4 Å². The highest BCUT2D eigenvalue weighted by Crippen LogP contribution is 2.34. The van der Waals surface area contributed by atoms with Crippen molar-refractivity contribution in [3.8, 4) is 11.3 Å². The highest BCUT2D eigenvalue weighted by atomic mass is 16.6. The second-order valence-corrected chi connectivity index (χ2v) is 13.3. The maximum Gasteiger partial charge on any atom is 0.340 e. The summed E-state index contributed by atoms with van der Waals surface area (Å²) >= 11 is 0. The largest absolute Gasteiger partial charge is 0.456 e. The molecule has 232 valence electrons. The third kappa shape index (κ3) is 6.68. The fraction of sp³-hybridized carbons (Fsp3) is 0.405. The van der Waals surface area contributed by atoms with Crippen molar-refractivity contribution in [2.24, 2.45) is 0 Å². The highest BCUT2D eigenvalue weighted by Gasteiger charge is 2.24. The summed E-state index contributed by atoms with van der Waals surface area (Å²) in [5.74, 6) is 0.182. The summed E-state index contributed by atoms with van der Waals surface area (Å²) in [5, 5.41) is 4.04. The molecular weight excluding hydrogens is 550 g/mol. The van der Waals surface area contributed by atoms with Gasteiger partial charge in [-0.05, 0) is 117 Å². The van der Waals surface area contributed by atoms with Crippen molar-refractivity contribution in [1.82, 2.24) is 4.90 Å². The Morgan fingerprint density at radius 2 is 1.77 bits per heavy atom. The van der Waals surface area contributed by atoms with Crippen molar-refractivity contribution < 1.29 is 13.9 Å². The Bertz CT molecular complexity index is 1720. The van der Waals surface area contributed by atoms with Crippen LogP contribution in [0.25, 0.3) is 22.3 Å². The van der Waals surface area contributed by atoms with E-state index in [1.807, 2.05) is 71.9 Å². The Hall–Kier alpha value is -4.10. The normalized spacial score (nSPS) is 16.3. The second kappa shape index (κ2) is 12.5. The number of nitrogens with one attached hydrogen (secondary N) is 1. The zero-order valence-electron chi connectivity index (χ0n) is 27.3. The molecule has 44 heavy (non-hydrogen) atoms. The monoisotopic (exact) mass is 595 g/mol. The van der Waals surface area contributed by atoms with Gasteiger partial charge in [0.1, 0.15) is 16.9 Å². The lowest BCUT2D eigenvalue weighted by atomic mass is 9.98. The van der Waals surface area contributed by atoms with Crippen LogP contribution in [-0.2, 0) is 4.74 Å². The van der Waals surface area contributed by atoms with Crippen LogP contribution in [0, 0.1) is 13.8 Å². The SMILES string of the molecule is Cc1cc([C@@H](C)Nc2ccccc2C(=O)OC(C)(C)C)c2oc(-c3ccc(N4CCC[C@H](N(C)C)C4)cc3)c(C)c(=O)c2c1. The minimum atomic E-state index is -0.610. The molecule has 2 atom stereocenters. The zero-order valence-corrected chi connectivity index (χ0v) is 27.3. The Kier molecular flexibility index (Phi) is 8.89. The number of para-hydroxylation sites is 1. The minimum Gasteiger partial charge on any atom is -0.456 e. The molecule has 0 amide bonds. The van der Waals surface area contributed by atoms with E-state index in [0.29, 0.717) is 39.6 Å². The fourth-order valence-corrected chi connectivity index (χ4v) is 6.03. The molecule has 0 aliphatic carbocycles. The Morgan fingerprint density at radius 3 is 2.45 bits per heavy atom. The molecule has 1 saturated heterocycles. The van der Waals surface area contributed by atoms with Gasteiger partial charge in [0.15, 0.2) is 5.43 Å². The lowest BCUT2D eigenvalue weighted by Gasteiger charge is -2.37. The van der Waals surface area contributed by atoms with E-state index in [1.54, 1.807) is 6.07 Å². The predicted molar refractivity (Wildman–Crippen MR) is 180 cm³/mol. The van der Waals surface area contributed by atoms with Crippen LogP contribution in [-0.4, -0.2) is 49.7 Å². The summed E-state index contributed by atoms with van der Waals surface area (Å²) in [7, 11) is 4.29. The third-order valence-electron chi connectivity index (χ3n) is 8.40. The Labute approximate surface area is 260 Å². The molecule has 0 saturated carbocycles. The Morgan fingerprint density at radius 1 is 1.07 bits per heavy atom. The lowest BCUT2D eigenvalue weighted by molar-refractivity contribution is 0.00706. The van der Waals surface area contributed by atoms with E-state index in [2.05, 4.69) is 53.5 Å². The molecule has 1 aliphatic rings. The van der Waals surface area contributed by atoms with Crippen molar-refractivity contribution in [3.05, 3.63) is 93.1 Å². The second-order valence-electron chi connectivity index (χ2n) is 13.3. The first-order valence-electron chi connectivity index (χ1n) is 15.5. The number of likely N-dealkylation sites (N-methyl/N-ethyl adjacent to an activating group) is 1. The van der Waals surface area contributed by atoms with Gasteiger partial charge in [0.25, 0.3) is 0 Å². The van der Waals surface area contributed by atoms with Gasteiger partial charge in [0.2, 0.25) is 0 Å². The summed E-state index contributed by atoms with van der Waals surface area (Å²) in [6.07, 6.45) is 2.38. The van der Waals surface area contributed by atoms with Gasteiger partial charge in [0.05, 0.1) is 17.0 Å². The van der Waals surface area contributed by atoms with E-state index in [-0.39, 0.29) is 11.5 Å². The van der Waals surface area contributed by atoms with E-state index in [0.717, 1.165) is 29.8 Å². The zero-order chi connectivity index (χ0) is 31.8. The van der Waals surface area contributed by atoms with Crippen LogP contribution in [0.1, 0.15) is 73.6 Å². The van der Waals surface area contributed by atoms with Gasteiger partial charge in [-0.3, -0.25) is 4.79 Å². The number of benzene rings is 3. The first kappa shape index (κ1) is 31.3. The Balaban J connectivity index is 1.50. The molecule has 4 aromatic rings. The lowest BCUT2D eigenvalue weighted by Crippen LogP contribution is -2.45. The number of hydrogen-bond acceptors (Lipinski definition) is 7. The first-order chi connectivity index (χ1) is 20.8. The average molecular weight is 596 g/mol. The van der Waals surface area contributed by atoms with Crippen LogP contribution in [0.5, 0.6) is 0 Å². The summed E-state index contributed by atoms with van der Waals surface area (Å²) in [5.41, 5.74) is 5.45. The van der Waals surface area contributed by atoms with Crippen LogP contribution in [0.2, 0.25) is 0 Å². The molecule has 7 heteroatoms. The third-order valence-corrected chi connectivity index (χ3v) is 8.40. The molecule has 1 aromatic heterocycles. The number of rotatable bonds is 7. The van der Waals surface area contributed by atoms with Gasteiger partial charge in [-0.25, -0.2) is 4.79 Å². The van der Waals surface area contributed by atoms with Gasteiger partial charge >= 0.3 is 5.97 Å². The highest BCUT2D eigenvalue weighted by molar-refractivity contribution is 5.96. The molecule has 1 N–H and O–H groups in total. The molecular formula is C37H45N3O4. The standard InChI is InChI=1S/C37H45N3O4/c1-23-20-30(25(3)38-32-14-10-9-13-29(32)36(42)44-37(4,5)6)35-31(21-23)33(41)24(2)34(43-35)26-15-17-27(18-16-26)40-19-11-12-28(22-40)39(7)8/h9-10,13-18,20-21,25,28,38H,11-12,19,22H2,1-8H3/t25-,28+/m1/s1. The minimum absolute atomic E-state index is 0.0403. The number of nitrogens with zero attached hydrogens (tertiary/aromatic N) is 2. The number of aryl methyl sites for hydroxylation is 1.